The van der Waals surface area contributed by atoms with Gasteiger partial charge in [0.2, 0.25) is 5.56 Å². The Hall–Kier alpha value is -2.64. The molecule has 0 atom stereocenters. The molecule has 3 aromatic rings. The summed E-state index contributed by atoms with van der Waals surface area (Å²) in [6.07, 6.45) is -11.0. The predicted octanol–water partition coefficient (Wildman–Crippen LogP) is 7.07. The molecule has 0 bridgehead atoms. The molecule has 0 spiro atoms. The van der Waals surface area contributed by atoms with Gasteiger partial charge in [0.15, 0.2) is 0 Å². The number of hydrogen-bond donors (Lipinski definition) is 1. The zero-order chi connectivity index (χ0) is 29.4. The summed E-state index contributed by atoms with van der Waals surface area (Å²) < 4.78 is 130. The van der Waals surface area contributed by atoms with Crippen LogP contribution in [0.1, 0.15) is 55.3 Å². The molecule has 0 aliphatic rings. The normalized spacial score (nSPS) is 13.6. The maximum Gasteiger partial charge on any atom is 0.453 e. The van der Waals surface area contributed by atoms with E-state index in [1.165, 1.54) is 6.07 Å². The van der Waals surface area contributed by atoms with Gasteiger partial charge in [0.05, 0.1) is 17.1 Å². The Labute approximate surface area is 219 Å². The number of pyridine rings is 1. The third-order valence-electron chi connectivity index (χ3n) is 6.85. The SMILES string of the molecule is Cc1c(C)n(CCCCCCS(=O)(=O)CCCC(F)(F)C(F)(F)F)c2ccc3[nH]c(=O)cc(C(F)(F)F)c3c12. The van der Waals surface area contributed by atoms with Gasteiger partial charge in [-0.3, -0.25) is 4.79 Å². The number of aromatic nitrogens is 2. The first-order valence-corrected chi connectivity index (χ1v) is 14.1. The molecule has 2 heterocycles. The van der Waals surface area contributed by atoms with Gasteiger partial charge >= 0.3 is 18.3 Å². The van der Waals surface area contributed by atoms with E-state index in [1.54, 1.807) is 19.9 Å². The third kappa shape index (κ3) is 6.93. The molecule has 1 N–H and O–H groups in total. The third-order valence-corrected chi connectivity index (χ3v) is 8.67. The fourth-order valence-electron chi connectivity index (χ4n) is 4.73. The highest BCUT2D eigenvalue weighted by atomic mass is 32.2. The number of aromatic amines is 1. The quantitative estimate of drug-likeness (QED) is 0.192. The first-order valence-electron chi connectivity index (χ1n) is 12.2. The van der Waals surface area contributed by atoms with Crippen LogP contribution in [0.4, 0.5) is 35.1 Å². The molecule has 0 radical (unpaired) electrons. The van der Waals surface area contributed by atoms with Crippen molar-refractivity contribution in [2.24, 2.45) is 0 Å². The number of halogens is 8. The van der Waals surface area contributed by atoms with Crippen molar-refractivity contribution < 1.29 is 43.5 Å². The fourth-order valence-corrected chi connectivity index (χ4v) is 6.16. The molecule has 3 rings (SSSR count). The Morgan fingerprint density at radius 1 is 0.846 bits per heavy atom. The minimum Gasteiger partial charge on any atom is -0.345 e. The van der Waals surface area contributed by atoms with E-state index >= 15 is 0 Å². The molecule has 0 saturated carbocycles. The van der Waals surface area contributed by atoms with Gasteiger partial charge in [0, 0.05) is 46.5 Å². The lowest BCUT2D eigenvalue weighted by Crippen LogP contribution is -2.36. The summed E-state index contributed by atoms with van der Waals surface area (Å²) >= 11 is 0. The van der Waals surface area contributed by atoms with Gasteiger partial charge in [-0.1, -0.05) is 12.8 Å². The maximum atomic E-state index is 13.8. The molecule has 14 heteroatoms. The Bertz CT molecular complexity index is 1500. The van der Waals surface area contributed by atoms with Crippen molar-refractivity contribution in [2.45, 2.75) is 77.2 Å². The van der Waals surface area contributed by atoms with Crippen molar-refractivity contribution in [3.8, 4) is 0 Å². The molecule has 0 amide bonds. The lowest BCUT2D eigenvalue weighted by Gasteiger charge is -2.19. The number of H-pyrrole nitrogens is 1. The number of unbranched alkanes of at least 4 members (excludes halogenated alkanes) is 3. The average Bonchev–Trinajstić information content (AvgIpc) is 3.03. The van der Waals surface area contributed by atoms with E-state index in [4.69, 9.17) is 0 Å². The van der Waals surface area contributed by atoms with Crippen molar-refractivity contribution in [1.29, 1.82) is 0 Å². The second-order valence-corrected chi connectivity index (χ2v) is 12.0. The topological polar surface area (TPSA) is 71.9 Å². The lowest BCUT2D eigenvalue weighted by molar-refractivity contribution is -0.284. The van der Waals surface area contributed by atoms with Crippen LogP contribution >= 0.6 is 0 Å². The highest BCUT2D eigenvalue weighted by molar-refractivity contribution is 7.91. The van der Waals surface area contributed by atoms with Crippen LogP contribution in [0, 0.1) is 13.8 Å². The Kier molecular flexibility index (Phi) is 8.78. The summed E-state index contributed by atoms with van der Waals surface area (Å²) in [5.41, 5.74) is 0.143. The molecule has 39 heavy (non-hydrogen) atoms. The summed E-state index contributed by atoms with van der Waals surface area (Å²) in [5.74, 6) is -6.02. The van der Waals surface area contributed by atoms with E-state index in [0.717, 1.165) is 5.69 Å². The van der Waals surface area contributed by atoms with Gasteiger partial charge in [-0.15, -0.1) is 0 Å². The number of aryl methyl sites for hydroxylation is 2. The van der Waals surface area contributed by atoms with Crippen LogP contribution in [0.5, 0.6) is 0 Å². The summed E-state index contributed by atoms with van der Waals surface area (Å²) in [4.78, 5) is 14.2. The summed E-state index contributed by atoms with van der Waals surface area (Å²) in [7, 11) is -3.78. The number of nitrogens with zero attached hydrogens (tertiary/aromatic N) is 1. The molecule has 2 aromatic heterocycles. The van der Waals surface area contributed by atoms with Gasteiger partial charge in [-0.25, -0.2) is 8.42 Å². The first-order chi connectivity index (χ1) is 17.9. The summed E-state index contributed by atoms with van der Waals surface area (Å²) in [6.45, 7) is 3.91. The molecule has 1 aromatic carbocycles. The molecule has 5 nitrogen and oxygen atoms in total. The Morgan fingerprint density at radius 2 is 1.46 bits per heavy atom. The van der Waals surface area contributed by atoms with Gasteiger partial charge < -0.3 is 9.55 Å². The second kappa shape index (κ2) is 11.1. The van der Waals surface area contributed by atoms with Crippen molar-refractivity contribution in [3.05, 3.63) is 45.4 Å². The highest BCUT2D eigenvalue weighted by Crippen LogP contribution is 2.40. The van der Waals surface area contributed by atoms with Crippen molar-refractivity contribution in [3.63, 3.8) is 0 Å². The van der Waals surface area contributed by atoms with E-state index < -0.39 is 57.8 Å². The van der Waals surface area contributed by atoms with Gasteiger partial charge in [-0.05, 0) is 50.8 Å². The molecule has 0 aliphatic heterocycles. The average molecular weight is 589 g/mol. The van der Waals surface area contributed by atoms with Crippen LogP contribution < -0.4 is 5.56 Å². The number of benzene rings is 1. The van der Waals surface area contributed by atoms with E-state index in [0.29, 0.717) is 48.3 Å². The molecule has 0 aliphatic carbocycles. The first kappa shape index (κ1) is 30.9. The van der Waals surface area contributed by atoms with Gasteiger partial charge in [0.1, 0.15) is 9.84 Å². The fraction of sp³-hybridized carbons (Fsp3) is 0.560. The Balaban J connectivity index is 1.62. The minimum absolute atomic E-state index is 0.0749. The van der Waals surface area contributed by atoms with E-state index in [2.05, 4.69) is 4.98 Å². The number of rotatable bonds is 11. The molecule has 218 valence electrons. The van der Waals surface area contributed by atoms with E-state index in [1.807, 2.05) is 4.57 Å². The highest BCUT2D eigenvalue weighted by Gasteiger charge is 2.56. The smallest absolute Gasteiger partial charge is 0.345 e. The monoisotopic (exact) mass is 588 g/mol. The number of nitrogens with one attached hydrogen (secondary N) is 1. The minimum atomic E-state index is -5.72. The molecule has 0 unspecified atom stereocenters. The molecule has 0 saturated heterocycles. The number of fused-ring (bicyclic) bond motifs is 3. The van der Waals surface area contributed by atoms with Gasteiger partial charge in [0.25, 0.3) is 0 Å². The standard InChI is InChI=1S/C25H28F8N2O3S/c1-15-16(2)35(19-9-8-18-22(21(15)19)17(24(28,29)30)14-20(36)34-18)11-5-3-4-6-12-39(37,38)13-7-10-23(26,27)25(31,32)33/h8-9,14H,3-7,10-13H2,1-2H3,(H,34,36). The van der Waals surface area contributed by atoms with Crippen LogP contribution in [0.15, 0.2) is 23.0 Å². The van der Waals surface area contributed by atoms with E-state index in [9.17, 15) is 48.3 Å². The zero-order valence-electron chi connectivity index (χ0n) is 21.2. The second-order valence-electron chi connectivity index (χ2n) is 9.66. The largest absolute Gasteiger partial charge is 0.453 e. The van der Waals surface area contributed by atoms with Crippen molar-refractivity contribution in [2.75, 3.05) is 11.5 Å². The van der Waals surface area contributed by atoms with Gasteiger partial charge in [-0.2, -0.15) is 35.1 Å². The number of hydrogen-bond acceptors (Lipinski definition) is 3. The summed E-state index contributed by atoms with van der Waals surface area (Å²) in [6, 6.07) is 3.62. The van der Waals surface area contributed by atoms with Crippen LogP contribution in [-0.4, -0.2) is 41.6 Å². The zero-order valence-corrected chi connectivity index (χ0v) is 22.0. The van der Waals surface area contributed by atoms with Crippen LogP contribution in [0.25, 0.3) is 21.8 Å². The lowest BCUT2D eigenvalue weighted by atomic mass is 10.0. The van der Waals surface area contributed by atoms with Crippen molar-refractivity contribution >= 4 is 31.6 Å². The number of sulfone groups is 1. The predicted molar refractivity (Wildman–Crippen MR) is 132 cm³/mol. The van der Waals surface area contributed by atoms with E-state index in [-0.39, 0.29) is 23.1 Å². The molecular weight excluding hydrogens is 560 g/mol. The molecular formula is C25H28F8N2O3S. The maximum absolute atomic E-state index is 13.8. The van der Waals surface area contributed by atoms with Crippen molar-refractivity contribution in [1.82, 2.24) is 9.55 Å². The van der Waals surface area contributed by atoms with Crippen LogP contribution in [0.3, 0.4) is 0 Å². The van der Waals surface area contributed by atoms with Crippen LogP contribution in [-0.2, 0) is 22.6 Å². The Morgan fingerprint density at radius 3 is 2.08 bits per heavy atom. The van der Waals surface area contributed by atoms with Crippen LogP contribution in [0.2, 0.25) is 0 Å². The molecule has 0 fully saturated rings. The number of alkyl halides is 8. The summed E-state index contributed by atoms with van der Waals surface area (Å²) in [5, 5.41) is 0.299.